The highest BCUT2D eigenvalue weighted by Gasteiger charge is 2.21. The van der Waals surface area contributed by atoms with Crippen molar-refractivity contribution in [3.63, 3.8) is 0 Å². The van der Waals surface area contributed by atoms with Gasteiger partial charge in [0.1, 0.15) is 0 Å². The molecule has 1 aliphatic heterocycles. The van der Waals surface area contributed by atoms with E-state index < -0.39 is 0 Å². The minimum Gasteiger partial charge on any atom is -0.324 e. The fraction of sp³-hybridized carbons (Fsp3) is 0.455. The smallest absolute Gasteiger partial charge is 0.324 e. The Balaban J connectivity index is 2.07. The molecule has 4 nitrogen and oxygen atoms in total. The molecule has 0 saturated carbocycles. The van der Waals surface area contributed by atoms with Gasteiger partial charge in [-0.15, -0.1) is 0 Å². The third-order valence-corrected chi connectivity index (χ3v) is 2.70. The monoisotopic (exact) mass is 205 g/mol. The highest BCUT2D eigenvalue weighted by molar-refractivity contribution is 5.91. The van der Waals surface area contributed by atoms with E-state index in [1.54, 1.807) is 24.3 Å². The van der Waals surface area contributed by atoms with Crippen LogP contribution in [0.1, 0.15) is 12.8 Å². The Bertz CT molecular complexity index is 333. The number of aromatic nitrogens is 1. The van der Waals surface area contributed by atoms with Gasteiger partial charge in [-0.3, -0.25) is 9.88 Å². The van der Waals surface area contributed by atoms with Crippen LogP contribution < -0.4 is 4.90 Å². The second kappa shape index (κ2) is 4.29. The van der Waals surface area contributed by atoms with E-state index in [0.717, 1.165) is 31.6 Å². The molecule has 0 spiro atoms. The van der Waals surface area contributed by atoms with Crippen LogP contribution in [0.4, 0.5) is 10.5 Å². The lowest BCUT2D eigenvalue weighted by Crippen LogP contribution is -2.39. The Labute approximate surface area is 89.5 Å². The Morgan fingerprint density at radius 1 is 1.47 bits per heavy atom. The summed E-state index contributed by atoms with van der Waals surface area (Å²) in [5.74, 6) is 0. The van der Waals surface area contributed by atoms with E-state index in [0.29, 0.717) is 0 Å². The second-order valence-corrected chi connectivity index (χ2v) is 3.75. The maximum atomic E-state index is 12.0. The van der Waals surface area contributed by atoms with E-state index in [9.17, 15) is 4.79 Å². The molecule has 0 atom stereocenters. The summed E-state index contributed by atoms with van der Waals surface area (Å²) in [4.78, 5) is 19.5. The predicted molar refractivity (Wildman–Crippen MR) is 58.8 cm³/mol. The fourth-order valence-electron chi connectivity index (χ4n) is 1.78. The number of carbonyl (C=O) groups is 1. The van der Waals surface area contributed by atoms with E-state index in [4.69, 9.17) is 0 Å². The van der Waals surface area contributed by atoms with Gasteiger partial charge in [0.2, 0.25) is 0 Å². The number of anilines is 1. The molecule has 80 valence electrons. The molecule has 1 aromatic rings. The molecule has 0 aromatic carbocycles. The lowest BCUT2D eigenvalue weighted by Gasteiger charge is -2.23. The number of likely N-dealkylation sites (tertiary alicyclic amines) is 1. The Hall–Kier alpha value is -1.58. The number of nitrogens with zero attached hydrogens (tertiary/aromatic N) is 3. The average molecular weight is 205 g/mol. The molecule has 0 aliphatic carbocycles. The van der Waals surface area contributed by atoms with Crippen LogP contribution in [0.15, 0.2) is 24.5 Å². The second-order valence-electron chi connectivity index (χ2n) is 3.75. The zero-order valence-corrected chi connectivity index (χ0v) is 8.89. The van der Waals surface area contributed by atoms with Crippen LogP contribution in [0, 0.1) is 0 Å². The fourth-order valence-corrected chi connectivity index (χ4v) is 1.78. The number of pyridine rings is 1. The van der Waals surface area contributed by atoms with Crippen molar-refractivity contribution >= 4 is 11.7 Å². The van der Waals surface area contributed by atoms with Crippen molar-refractivity contribution in [2.75, 3.05) is 25.0 Å². The maximum Gasteiger partial charge on any atom is 0.324 e. The Morgan fingerprint density at radius 3 is 2.80 bits per heavy atom. The summed E-state index contributed by atoms with van der Waals surface area (Å²) < 4.78 is 0. The van der Waals surface area contributed by atoms with E-state index >= 15 is 0 Å². The highest BCUT2D eigenvalue weighted by Crippen LogP contribution is 2.15. The Morgan fingerprint density at radius 2 is 2.20 bits per heavy atom. The molecule has 0 bridgehead atoms. The molecular weight excluding hydrogens is 190 g/mol. The van der Waals surface area contributed by atoms with Crippen molar-refractivity contribution in [2.45, 2.75) is 12.8 Å². The number of carbonyl (C=O) groups excluding carboxylic acids is 1. The number of urea groups is 1. The minimum absolute atomic E-state index is 0.0699. The van der Waals surface area contributed by atoms with Crippen LogP contribution in [-0.2, 0) is 0 Å². The average Bonchev–Trinajstić information content (AvgIpc) is 2.82. The van der Waals surface area contributed by atoms with Gasteiger partial charge in [0.25, 0.3) is 0 Å². The van der Waals surface area contributed by atoms with Gasteiger partial charge in [-0.05, 0) is 25.0 Å². The zero-order chi connectivity index (χ0) is 10.7. The van der Waals surface area contributed by atoms with Gasteiger partial charge in [-0.1, -0.05) is 0 Å². The van der Waals surface area contributed by atoms with Crippen LogP contribution in [0.5, 0.6) is 0 Å². The van der Waals surface area contributed by atoms with Crippen LogP contribution >= 0.6 is 0 Å². The molecule has 0 unspecified atom stereocenters. The van der Waals surface area contributed by atoms with Crippen molar-refractivity contribution in [3.8, 4) is 0 Å². The van der Waals surface area contributed by atoms with Gasteiger partial charge in [0.05, 0.1) is 11.9 Å². The molecule has 15 heavy (non-hydrogen) atoms. The molecule has 2 rings (SSSR count). The lowest BCUT2D eigenvalue weighted by molar-refractivity contribution is 0.217. The predicted octanol–water partition coefficient (Wildman–Crippen LogP) is 1.73. The summed E-state index contributed by atoms with van der Waals surface area (Å²) in [6.45, 7) is 1.76. The van der Waals surface area contributed by atoms with E-state index in [1.165, 1.54) is 0 Å². The SMILES string of the molecule is CN(C(=O)N1CCCC1)c1cccnc1. The maximum absolute atomic E-state index is 12.0. The molecule has 1 fully saturated rings. The first-order chi connectivity index (χ1) is 7.29. The number of hydrogen-bond acceptors (Lipinski definition) is 2. The highest BCUT2D eigenvalue weighted by atomic mass is 16.2. The van der Waals surface area contributed by atoms with Crippen LogP contribution in [-0.4, -0.2) is 36.1 Å². The normalized spacial score (nSPS) is 15.4. The van der Waals surface area contributed by atoms with Crippen molar-refractivity contribution in [3.05, 3.63) is 24.5 Å². The number of amides is 2. The summed E-state index contributed by atoms with van der Waals surface area (Å²) in [5.41, 5.74) is 0.842. The largest absolute Gasteiger partial charge is 0.324 e. The van der Waals surface area contributed by atoms with Gasteiger partial charge in [-0.2, -0.15) is 0 Å². The van der Waals surface area contributed by atoms with E-state index in [-0.39, 0.29) is 6.03 Å². The standard InChI is InChI=1S/C11H15N3O/c1-13(10-5-4-6-12-9-10)11(15)14-7-2-3-8-14/h4-6,9H,2-3,7-8H2,1H3. The van der Waals surface area contributed by atoms with Gasteiger partial charge >= 0.3 is 6.03 Å². The first-order valence-corrected chi connectivity index (χ1v) is 5.22. The van der Waals surface area contributed by atoms with Crippen LogP contribution in [0.3, 0.4) is 0 Å². The van der Waals surface area contributed by atoms with Gasteiger partial charge in [0, 0.05) is 26.3 Å². The molecule has 1 aromatic heterocycles. The molecule has 2 heterocycles. The van der Waals surface area contributed by atoms with E-state index in [1.807, 2.05) is 17.0 Å². The molecule has 0 radical (unpaired) electrons. The van der Waals surface area contributed by atoms with E-state index in [2.05, 4.69) is 4.98 Å². The van der Waals surface area contributed by atoms with Crippen LogP contribution in [0.25, 0.3) is 0 Å². The molecule has 1 aliphatic rings. The van der Waals surface area contributed by atoms with Gasteiger partial charge in [0.15, 0.2) is 0 Å². The summed E-state index contributed by atoms with van der Waals surface area (Å²) in [5, 5.41) is 0. The quantitative estimate of drug-likeness (QED) is 0.700. The molecule has 0 N–H and O–H groups in total. The Kier molecular flexibility index (Phi) is 2.85. The molecule has 4 heteroatoms. The summed E-state index contributed by atoms with van der Waals surface area (Å²) in [6.07, 6.45) is 5.64. The molecule has 2 amide bonds. The topological polar surface area (TPSA) is 36.4 Å². The van der Waals surface area contributed by atoms with Gasteiger partial charge < -0.3 is 4.90 Å². The van der Waals surface area contributed by atoms with Crippen LogP contribution in [0.2, 0.25) is 0 Å². The number of hydrogen-bond donors (Lipinski definition) is 0. The summed E-state index contributed by atoms with van der Waals surface area (Å²) in [6, 6.07) is 3.80. The molecule has 1 saturated heterocycles. The lowest BCUT2D eigenvalue weighted by atomic mass is 10.4. The summed E-state index contributed by atoms with van der Waals surface area (Å²) in [7, 11) is 1.79. The van der Waals surface area contributed by atoms with Crippen molar-refractivity contribution in [2.24, 2.45) is 0 Å². The third-order valence-electron chi connectivity index (χ3n) is 2.70. The van der Waals surface area contributed by atoms with Crippen molar-refractivity contribution < 1.29 is 4.79 Å². The van der Waals surface area contributed by atoms with Crippen molar-refractivity contribution in [1.82, 2.24) is 9.88 Å². The minimum atomic E-state index is 0.0699. The van der Waals surface area contributed by atoms with Crippen molar-refractivity contribution in [1.29, 1.82) is 0 Å². The third kappa shape index (κ3) is 2.09. The first-order valence-electron chi connectivity index (χ1n) is 5.22. The number of rotatable bonds is 1. The first kappa shape index (κ1) is 9.96. The molecular formula is C11H15N3O. The zero-order valence-electron chi connectivity index (χ0n) is 8.89. The summed E-state index contributed by atoms with van der Waals surface area (Å²) >= 11 is 0. The van der Waals surface area contributed by atoms with Gasteiger partial charge in [-0.25, -0.2) is 4.79 Å².